The van der Waals surface area contributed by atoms with Gasteiger partial charge in [0.05, 0.1) is 12.5 Å². The molecule has 0 rings (SSSR count). The Hall–Kier alpha value is -0.900. The van der Waals surface area contributed by atoms with Gasteiger partial charge in [0, 0.05) is 6.92 Å². The molecule has 1 N–H and O–H groups in total. The van der Waals surface area contributed by atoms with Crippen molar-refractivity contribution in [2.75, 3.05) is 13.2 Å². The van der Waals surface area contributed by atoms with E-state index in [0.717, 1.165) is 0 Å². The Bertz CT molecular complexity index is 153. The summed E-state index contributed by atoms with van der Waals surface area (Å²) in [5.74, 6) is -1.18. The summed E-state index contributed by atoms with van der Waals surface area (Å²) in [7, 11) is 0. The van der Waals surface area contributed by atoms with Gasteiger partial charge in [-0.1, -0.05) is 0 Å². The normalized spacial score (nSPS) is 12.3. The fraction of sp³-hybridized carbons (Fsp3) is 0.714. The summed E-state index contributed by atoms with van der Waals surface area (Å²) in [6.07, 6.45) is 0. The maximum atomic E-state index is 10.6. The first kappa shape index (κ1) is 10.1. The van der Waals surface area contributed by atoms with Gasteiger partial charge in [0.2, 0.25) is 0 Å². The Morgan fingerprint density at radius 3 is 2.27 bits per heavy atom. The molecule has 0 aliphatic heterocycles. The first-order valence-corrected chi connectivity index (χ1v) is 3.32. The van der Waals surface area contributed by atoms with Crippen molar-refractivity contribution < 1.29 is 19.4 Å². The van der Waals surface area contributed by atoms with Gasteiger partial charge >= 0.3 is 5.97 Å². The second kappa shape index (κ2) is 4.85. The number of hydrogen-bond donors (Lipinski definition) is 1. The number of esters is 1. The SMILES string of the molecule is CC(=O)OCC(CO)C(C)=O. The molecule has 0 spiro atoms. The maximum Gasteiger partial charge on any atom is 0.302 e. The molecule has 0 radical (unpaired) electrons. The van der Waals surface area contributed by atoms with Gasteiger partial charge in [-0.2, -0.15) is 0 Å². The van der Waals surface area contributed by atoms with Gasteiger partial charge in [-0.3, -0.25) is 9.59 Å². The maximum absolute atomic E-state index is 10.6. The minimum absolute atomic E-state index is 0.0266. The molecule has 0 aromatic heterocycles. The molecule has 64 valence electrons. The van der Waals surface area contributed by atoms with Gasteiger partial charge < -0.3 is 9.84 Å². The van der Waals surface area contributed by atoms with Crippen molar-refractivity contribution in [1.82, 2.24) is 0 Å². The number of rotatable bonds is 4. The molecule has 0 fully saturated rings. The van der Waals surface area contributed by atoms with Crippen LogP contribution in [0.4, 0.5) is 0 Å². The molecule has 0 heterocycles. The summed E-state index contributed by atoms with van der Waals surface area (Å²) in [5.41, 5.74) is 0. The van der Waals surface area contributed by atoms with Crippen LogP contribution in [0.3, 0.4) is 0 Å². The predicted octanol–water partition coefficient (Wildman–Crippen LogP) is -0.253. The van der Waals surface area contributed by atoms with Crippen LogP contribution in [-0.2, 0) is 14.3 Å². The standard InChI is InChI=1S/C7H12O4/c1-5(9)7(3-8)4-11-6(2)10/h7-8H,3-4H2,1-2H3. The Morgan fingerprint density at radius 1 is 1.45 bits per heavy atom. The lowest BCUT2D eigenvalue weighted by Crippen LogP contribution is -2.22. The van der Waals surface area contributed by atoms with E-state index in [1.165, 1.54) is 13.8 Å². The molecule has 0 amide bonds. The van der Waals surface area contributed by atoms with Crippen molar-refractivity contribution in [2.24, 2.45) is 5.92 Å². The molecule has 1 atom stereocenters. The van der Waals surface area contributed by atoms with Crippen LogP contribution in [0.5, 0.6) is 0 Å². The van der Waals surface area contributed by atoms with E-state index in [-0.39, 0.29) is 19.0 Å². The van der Waals surface area contributed by atoms with E-state index in [1.807, 2.05) is 0 Å². The lowest BCUT2D eigenvalue weighted by molar-refractivity contribution is -0.144. The van der Waals surface area contributed by atoms with Crippen LogP contribution in [-0.4, -0.2) is 30.1 Å². The Labute approximate surface area is 65.2 Å². The summed E-state index contributed by atoms with van der Waals surface area (Å²) >= 11 is 0. The van der Waals surface area contributed by atoms with Crippen molar-refractivity contribution in [3.63, 3.8) is 0 Å². The van der Waals surface area contributed by atoms with Crippen LogP contribution in [0, 0.1) is 5.92 Å². The van der Waals surface area contributed by atoms with Gasteiger partial charge in [-0.25, -0.2) is 0 Å². The largest absolute Gasteiger partial charge is 0.465 e. The summed E-state index contributed by atoms with van der Waals surface area (Å²) in [4.78, 5) is 20.9. The van der Waals surface area contributed by atoms with Crippen LogP contribution in [0.25, 0.3) is 0 Å². The van der Waals surface area contributed by atoms with Gasteiger partial charge in [0.15, 0.2) is 0 Å². The van der Waals surface area contributed by atoms with Gasteiger partial charge in [0.25, 0.3) is 0 Å². The highest BCUT2D eigenvalue weighted by Gasteiger charge is 2.13. The predicted molar refractivity (Wildman–Crippen MR) is 37.9 cm³/mol. The van der Waals surface area contributed by atoms with Crippen LogP contribution >= 0.6 is 0 Å². The lowest BCUT2D eigenvalue weighted by Gasteiger charge is -2.08. The fourth-order valence-corrected chi connectivity index (χ4v) is 0.517. The number of carbonyl (C=O) groups excluding carboxylic acids is 2. The van der Waals surface area contributed by atoms with Crippen LogP contribution in [0.15, 0.2) is 0 Å². The van der Waals surface area contributed by atoms with Crippen LogP contribution < -0.4 is 0 Å². The van der Waals surface area contributed by atoms with E-state index >= 15 is 0 Å². The highest BCUT2D eigenvalue weighted by molar-refractivity contribution is 5.78. The molecule has 0 aliphatic rings. The van der Waals surface area contributed by atoms with Gasteiger partial charge in [0.1, 0.15) is 12.4 Å². The second-order valence-corrected chi connectivity index (χ2v) is 2.29. The minimum Gasteiger partial charge on any atom is -0.465 e. The summed E-state index contributed by atoms with van der Waals surface area (Å²) in [6, 6.07) is 0. The van der Waals surface area contributed by atoms with Crippen LogP contribution in [0.1, 0.15) is 13.8 Å². The second-order valence-electron chi connectivity index (χ2n) is 2.29. The summed E-state index contributed by atoms with van der Waals surface area (Å²) in [5, 5.41) is 8.60. The number of ketones is 1. The monoisotopic (exact) mass is 160 g/mol. The third-order valence-corrected chi connectivity index (χ3v) is 1.28. The van der Waals surface area contributed by atoms with Crippen molar-refractivity contribution in [2.45, 2.75) is 13.8 Å². The summed E-state index contributed by atoms with van der Waals surface area (Å²) in [6.45, 7) is 2.31. The van der Waals surface area contributed by atoms with Crippen molar-refractivity contribution in [3.8, 4) is 0 Å². The van der Waals surface area contributed by atoms with Crippen LogP contribution in [0.2, 0.25) is 0 Å². The highest BCUT2D eigenvalue weighted by Crippen LogP contribution is 1.97. The highest BCUT2D eigenvalue weighted by atomic mass is 16.5. The zero-order valence-electron chi connectivity index (χ0n) is 6.66. The van der Waals surface area contributed by atoms with Gasteiger partial charge in [-0.15, -0.1) is 0 Å². The number of aliphatic hydroxyl groups excluding tert-OH is 1. The average molecular weight is 160 g/mol. The topological polar surface area (TPSA) is 63.6 Å². The Kier molecular flexibility index (Phi) is 4.45. The number of aliphatic hydroxyl groups is 1. The molecule has 0 aromatic rings. The third-order valence-electron chi connectivity index (χ3n) is 1.28. The van der Waals surface area contributed by atoms with E-state index < -0.39 is 11.9 Å². The van der Waals surface area contributed by atoms with Crippen molar-refractivity contribution in [1.29, 1.82) is 0 Å². The number of ether oxygens (including phenoxy) is 1. The first-order valence-electron chi connectivity index (χ1n) is 3.32. The van der Waals surface area contributed by atoms with Crippen molar-refractivity contribution in [3.05, 3.63) is 0 Å². The molecule has 11 heavy (non-hydrogen) atoms. The number of hydrogen-bond acceptors (Lipinski definition) is 4. The van der Waals surface area contributed by atoms with E-state index in [2.05, 4.69) is 4.74 Å². The zero-order valence-corrected chi connectivity index (χ0v) is 6.66. The number of carbonyl (C=O) groups is 2. The minimum atomic E-state index is -0.570. The van der Waals surface area contributed by atoms with Gasteiger partial charge in [-0.05, 0) is 6.92 Å². The van der Waals surface area contributed by atoms with E-state index in [4.69, 9.17) is 5.11 Å². The Balaban J connectivity index is 3.70. The smallest absolute Gasteiger partial charge is 0.302 e. The lowest BCUT2D eigenvalue weighted by atomic mass is 10.1. The molecular weight excluding hydrogens is 148 g/mol. The molecule has 0 aromatic carbocycles. The summed E-state index contributed by atoms with van der Waals surface area (Å²) < 4.78 is 4.54. The third kappa shape index (κ3) is 4.50. The fourth-order valence-electron chi connectivity index (χ4n) is 0.517. The molecule has 0 saturated heterocycles. The first-order chi connectivity index (χ1) is 5.07. The molecule has 4 nitrogen and oxygen atoms in total. The average Bonchev–Trinajstić information content (AvgIpc) is 1.87. The molecule has 0 aliphatic carbocycles. The molecule has 4 heteroatoms. The molecule has 0 saturated carbocycles. The van der Waals surface area contributed by atoms with E-state index in [1.54, 1.807) is 0 Å². The quantitative estimate of drug-likeness (QED) is 0.576. The van der Waals surface area contributed by atoms with E-state index in [0.29, 0.717) is 0 Å². The number of Topliss-reactive ketones (excluding diaryl/α,β-unsaturated/α-hetero) is 1. The van der Waals surface area contributed by atoms with Crippen molar-refractivity contribution >= 4 is 11.8 Å². The molecule has 1 unspecified atom stereocenters. The zero-order chi connectivity index (χ0) is 8.85. The molecule has 0 bridgehead atoms. The molecular formula is C7H12O4. The van der Waals surface area contributed by atoms with E-state index in [9.17, 15) is 9.59 Å². The Morgan fingerprint density at radius 2 is 2.00 bits per heavy atom.